The summed E-state index contributed by atoms with van der Waals surface area (Å²) in [5.41, 5.74) is 6.59. The quantitative estimate of drug-likeness (QED) is 0.726. The monoisotopic (exact) mass is 227 g/mol. The molecule has 1 heterocycles. The molecule has 0 aromatic heterocycles. The molecule has 0 fully saturated rings. The number of amides is 1. The fourth-order valence-corrected chi connectivity index (χ4v) is 1.57. The summed E-state index contributed by atoms with van der Waals surface area (Å²) in [6.07, 6.45) is 3.43. The van der Waals surface area contributed by atoms with E-state index in [0.29, 0.717) is 12.2 Å². The Balaban J connectivity index is 2.56. The summed E-state index contributed by atoms with van der Waals surface area (Å²) in [5.74, 6) is -0.0484. The van der Waals surface area contributed by atoms with Crippen molar-refractivity contribution in [2.45, 2.75) is 45.8 Å². The Bertz CT molecular complexity index is 278. The fraction of sp³-hybridized carbons (Fsp3) is 0.727. The van der Waals surface area contributed by atoms with E-state index in [9.17, 15) is 4.79 Å². The number of carbonyl (C=O) groups excluding carboxylic acids is 1. The van der Waals surface area contributed by atoms with Crippen LogP contribution in [0.5, 0.6) is 0 Å². The molecule has 5 nitrogen and oxygen atoms in total. The number of carbonyl (C=O) groups is 1. The largest absolute Gasteiger partial charge is 0.333 e. The van der Waals surface area contributed by atoms with Crippen molar-refractivity contribution in [3.05, 3.63) is 11.8 Å². The van der Waals surface area contributed by atoms with Gasteiger partial charge in [0.1, 0.15) is 12.8 Å². The second-order valence-corrected chi connectivity index (χ2v) is 4.02. The molecular formula is C11H21N3O2. The van der Waals surface area contributed by atoms with E-state index in [2.05, 4.69) is 5.32 Å². The molecule has 5 heteroatoms. The Hall–Kier alpha value is -1.07. The Kier molecular flexibility index (Phi) is 4.76. The van der Waals surface area contributed by atoms with Crippen LogP contribution in [0.25, 0.3) is 0 Å². The van der Waals surface area contributed by atoms with Gasteiger partial charge in [0.05, 0.1) is 0 Å². The average molecular weight is 227 g/mol. The lowest BCUT2D eigenvalue weighted by molar-refractivity contribution is -0.180. The van der Waals surface area contributed by atoms with Gasteiger partial charge in [-0.15, -0.1) is 0 Å². The van der Waals surface area contributed by atoms with E-state index >= 15 is 0 Å². The summed E-state index contributed by atoms with van der Waals surface area (Å²) in [6.45, 7) is 6.21. The predicted molar refractivity (Wildman–Crippen MR) is 62.0 cm³/mol. The van der Waals surface area contributed by atoms with Crippen LogP contribution < -0.4 is 11.1 Å². The summed E-state index contributed by atoms with van der Waals surface area (Å²) < 4.78 is 0. The van der Waals surface area contributed by atoms with Gasteiger partial charge in [-0.1, -0.05) is 13.8 Å². The molecule has 2 unspecified atom stereocenters. The molecule has 3 N–H and O–H groups in total. The zero-order chi connectivity index (χ0) is 12.1. The highest BCUT2D eigenvalue weighted by atomic mass is 16.7. The van der Waals surface area contributed by atoms with Crippen LogP contribution in [0.1, 0.15) is 33.6 Å². The van der Waals surface area contributed by atoms with Crippen molar-refractivity contribution in [2.24, 2.45) is 5.73 Å². The lowest BCUT2D eigenvalue weighted by Crippen LogP contribution is -2.45. The van der Waals surface area contributed by atoms with Crippen molar-refractivity contribution in [3.63, 3.8) is 0 Å². The van der Waals surface area contributed by atoms with Gasteiger partial charge in [-0.25, -0.2) is 5.06 Å². The maximum absolute atomic E-state index is 11.2. The molecule has 0 spiro atoms. The number of nitrogens with two attached hydrogens (primary N) is 1. The van der Waals surface area contributed by atoms with Crippen LogP contribution in [0.3, 0.4) is 0 Å². The Morgan fingerprint density at radius 1 is 1.56 bits per heavy atom. The van der Waals surface area contributed by atoms with Gasteiger partial charge >= 0.3 is 0 Å². The van der Waals surface area contributed by atoms with Crippen LogP contribution in [-0.4, -0.2) is 29.8 Å². The maximum atomic E-state index is 11.2. The average Bonchev–Trinajstić information content (AvgIpc) is 2.29. The molecule has 92 valence electrons. The van der Waals surface area contributed by atoms with Gasteiger partial charge < -0.3 is 11.1 Å². The molecule has 2 atom stereocenters. The maximum Gasteiger partial charge on any atom is 0.249 e. The van der Waals surface area contributed by atoms with Crippen molar-refractivity contribution in [3.8, 4) is 0 Å². The molecule has 0 bridgehead atoms. The third-order valence-electron chi connectivity index (χ3n) is 2.71. The van der Waals surface area contributed by atoms with Crippen molar-refractivity contribution in [1.29, 1.82) is 0 Å². The fourth-order valence-electron chi connectivity index (χ4n) is 1.57. The van der Waals surface area contributed by atoms with Crippen LogP contribution in [0, 0.1) is 0 Å². The first-order valence-electron chi connectivity index (χ1n) is 5.74. The third kappa shape index (κ3) is 3.21. The molecule has 16 heavy (non-hydrogen) atoms. The molecule has 1 amide bonds. The van der Waals surface area contributed by atoms with E-state index in [-0.39, 0.29) is 18.1 Å². The SMILES string of the molecule is CCC(N)C(CC)ON1C=C(C)C(=O)NC1. The van der Waals surface area contributed by atoms with Crippen LogP contribution in [0.15, 0.2) is 11.8 Å². The number of hydrogen-bond acceptors (Lipinski definition) is 4. The number of nitrogens with zero attached hydrogens (tertiary/aromatic N) is 1. The smallest absolute Gasteiger partial charge is 0.249 e. The molecular weight excluding hydrogens is 206 g/mol. The van der Waals surface area contributed by atoms with E-state index in [1.54, 1.807) is 18.2 Å². The predicted octanol–water partition coefficient (Wildman–Crippen LogP) is 0.727. The number of hydrogen-bond donors (Lipinski definition) is 2. The topological polar surface area (TPSA) is 67.6 Å². The first-order valence-corrected chi connectivity index (χ1v) is 5.74. The minimum atomic E-state index is -0.0484. The third-order valence-corrected chi connectivity index (χ3v) is 2.71. The summed E-state index contributed by atoms with van der Waals surface area (Å²) in [6, 6.07) is 0.0244. The molecule has 0 aromatic carbocycles. The minimum Gasteiger partial charge on any atom is -0.333 e. The standard InChI is InChI=1S/C11H21N3O2/c1-4-9(12)10(5-2)16-14-6-8(3)11(15)13-7-14/h6,9-10H,4-5,7,12H2,1-3H3,(H,13,15). The van der Waals surface area contributed by atoms with Crippen molar-refractivity contribution >= 4 is 5.91 Å². The number of hydroxylamine groups is 2. The van der Waals surface area contributed by atoms with Crippen LogP contribution in [0.4, 0.5) is 0 Å². The first-order chi connectivity index (χ1) is 7.58. The van der Waals surface area contributed by atoms with Crippen LogP contribution in [0.2, 0.25) is 0 Å². The summed E-state index contributed by atoms with van der Waals surface area (Å²) in [5, 5.41) is 4.36. The van der Waals surface area contributed by atoms with Gasteiger partial charge in [-0.3, -0.25) is 9.63 Å². The molecule has 0 aromatic rings. The molecule has 1 aliphatic rings. The van der Waals surface area contributed by atoms with Crippen molar-refractivity contribution in [1.82, 2.24) is 10.4 Å². The van der Waals surface area contributed by atoms with Gasteiger partial charge in [-0.2, -0.15) is 0 Å². The lowest BCUT2D eigenvalue weighted by Gasteiger charge is -2.31. The van der Waals surface area contributed by atoms with E-state index < -0.39 is 0 Å². The van der Waals surface area contributed by atoms with E-state index in [1.807, 2.05) is 13.8 Å². The van der Waals surface area contributed by atoms with Gasteiger partial charge in [0.25, 0.3) is 0 Å². The highest BCUT2D eigenvalue weighted by molar-refractivity contribution is 5.93. The highest BCUT2D eigenvalue weighted by Gasteiger charge is 2.21. The van der Waals surface area contributed by atoms with Crippen molar-refractivity contribution in [2.75, 3.05) is 6.67 Å². The summed E-state index contributed by atoms with van der Waals surface area (Å²) in [7, 11) is 0. The molecule has 0 aliphatic carbocycles. The molecule has 0 radical (unpaired) electrons. The van der Waals surface area contributed by atoms with Gasteiger partial charge in [0.2, 0.25) is 5.91 Å². The number of nitrogens with one attached hydrogen (secondary N) is 1. The van der Waals surface area contributed by atoms with E-state index in [4.69, 9.17) is 10.6 Å². The number of rotatable bonds is 5. The zero-order valence-electron chi connectivity index (χ0n) is 10.2. The van der Waals surface area contributed by atoms with Gasteiger partial charge in [-0.05, 0) is 19.8 Å². The zero-order valence-corrected chi connectivity index (χ0v) is 10.2. The second-order valence-electron chi connectivity index (χ2n) is 4.02. The summed E-state index contributed by atoms with van der Waals surface area (Å²) >= 11 is 0. The molecule has 0 saturated heterocycles. The van der Waals surface area contributed by atoms with Gasteiger partial charge in [0.15, 0.2) is 0 Å². The van der Waals surface area contributed by atoms with Crippen molar-refractivity contribution < 1.29 is 9.63 Å². The molecule has 0 saturated carbocycles. The van der Waals surface area contributed by atoms with Gasteiger partial charge in [0, 0.05) is 17.8 Å². The normalized spacial score (nSPS) is 20.1. The Morgan fingerprint density at radius 2 is 2.25 bits per heavy atom. The summed E-state index contributed by atoms with van der Waals surface area (Å²) in [4.78, 5) is 16.9. The van der Waals surface area contributed by atoms with E-state index in [1.165, 1.54) is 0 Å². The lowest BCUT2D eigenvalue weighted by atomic mass is 10.1. The molecule has 1 rings (SSSR count). The second kappa shape index (κ2) is 5.86. The minimum absolute atomic E-state index is 0.0101. The first kappa shape index (κ1) is 13.0. The molecule has 1 aliphatic heterocycles. The Labute approximate surface area is 96.6 Å². The highest BCUT2D eigenvalue weighted by Crippen LogP contribution is 2.11. The van der Waals surface area contributed by atoms with Crippen LogP contribution in [-0.2, 0) is 9.63 Å². The van der Waals surface area contributed by atoms with Crippen LogP contribution >= 0.6 is 0 Å². The van der Waals surface area contributed by atoms with E-state index in [0.717, 1.165) is 12.8 Å². The Morgan fingerprint density at radius 3 is 2.75 bits per heavy atom.